The van der Waals surface area contributed by atoms with E-state index in [0.29, 0.717) is 44.9 Å². The Balaban J connectivity index is 1.84. The van der Waals surface area contributed by atoms with Gasteiger partial charge in [-0.3, -0.25) is 14.5 Å². The normalized spacial score (nSPS) is 15.1. The average Bonchev–Trinajstić information content (AvgIpc) is 3.57. The minimum absolute atomic E-state index is 0.108. The predicted molar refractivity (Wildman–Crippen MR) is 152 cm³/mol. The molecule has 1 unspecified atom stereocenters. The zero-order valence-electron chi connectivity index (χ0n) is 23.2. The molecule has 0 fully saturated rings. The third-order valence-electron chi connectivity index (χ3n) is 6.43. The summed E-state index contributed by atoms with van der Waals surface area (Å²) in [5, 5.41) is 11.9. The van der Waals surface area contributed by atoms with Gasteiger partial charge in [-0.2, -0.15) is 0 Å². The number of thiazole rings is 2. The van der Waals surface area contributed by atoms with Gasteiger partial charge >= 0.3 is 5.97 Å². The van der Waals surface area contributed by atoms with Crippen molar-refractivity contribution in [1.29, 1.82) is 0 Å². The van der Waals surface area contributed by atoms with Crippen molar-refractivity contribution in [2.24, 2.45) is 0 Å². The van der Waals surface area contributed by atoms with Gasteiger partial charge in [0.25, 0.3) is 5.91 Å². The van der Waals surface area contributed by atoms with Crippen LogP contribution in [0.4, 0.5) is 5.13 Å². The minimum atomic E-state index is -1.05. The third-order valence-corrected chi connectivity index (χ3v) is 8.64. The molecule has 12 heteroatoms. The van der Waals surface area contributed by atoms with Crippen LogP contribution in [0.15, 0.2) is 29.5 Å². The number of rotatable bonds is 11. The summed E-state index contributed by atoms with van der Waals surface area (Å²) < 4.78 is 16.4. The number of Topliss-reactive ketones (excluding diaryl/α,β-unsaturated/α-hetero) is 1. The molecule has 3 heterocycles. The number of methoxy groups -OCH3 is 2. The van der Waals surface area contributed by atoms with Crippen LogP contribution in [0, 0.1) is 20.8 Å². The molecule has 0 spiro atoms. The zero-order chi connectivity index (χ0) is 29.1. The number of unbranched alkanes of at least 4 members (excludes halogenated alkanes) is 2. The molecule has 40 heavy (non-hydrogen) atoms. The Morgan fingerprint density at radius 1 is 1.02 bits per heavy atom. The first-order valence-corrected chi connectivity index (χ1v) is 14.4. The summed E-state index contributed by atoms with van der Waals surface area (Å²) in [6, 6.07) is 4.07. The van der Waals surface area contributed by atoms with E-state index >= 15 is 0 Å². The van der Waals surface area contributed by atoms with Gasteiger partial charge in [-0.15, -0.1) is 11.3 Å². The lowest BCUT2D eigenvalue weighted by molar-refractivity contribution is -0.117. The van der Waals surface area contributed by atoms with Crippen LogP contribution in [0.25, 0.3) is 0 Å². The third kappa shape index (κ3) is 5.46. The molecule has 0 aliphatic carbocycles. The largest absolute Gasteiger partial charge is 0.503 e. The number of aryl methyl sites for hydroxylation is 3. The smallest absolute Gasteiger partial charge is 0.350 e. The number of benzene rings is 1. The monoisotopic (exact) mass is 585 g/mol. The maximum atomic E-state index is 13.9. The molecule has 1 amide bonds. The lowest BCUT2D eigenvalue weighted by Crippen LogP contribution is -2.31. The maximum Gasteiger partial charge on any atom is 0.350 e. The van der Waals surface area contributed by atoms with E-state index in [9.17, 15) is 19.5 Å². The highest BCUT2D eigenvalue weighted by Crippen LogP contribution is 2.46. The quantitative estimate of drug-likeness (QED) is 0.172. The van der Waals surface area contributed by atoms with Gasteiger partial charge in [0.2, 0.25) is 5.78 Å². The minimum Gasteiger partial charge on any atom is -0.503 e. The van der Waals surface area contributed by atoms with E-state index in [2.05, 4.69) is 16.9 Å². The van der Waals surface area contributed by atoms with Crippen LogP contribution >= 0.6 is 22.7 Å². The number of aliphatic hydroxyl groups excluding tert-OH is 1. The molecule has 0 saturated carbocycles. The standard InChI is InChI=1S/C28H31N3O7S2/c1-7-8-9-12-38-18-11-10-17(13-19(18)36-5)21-20(22(32)24-14(2)29-16(4)39-24)23(33)26(34)31(21)28-30-15(3)25(40-28)27(35)37-6/h10-11,13,21,33H,7-9,12H2,1-6H3. The molecule has 0 bridgehead atoms. The van der Waals surface area contributed by atoms with E-state index in [-0.39, 0.29) is 15.6 Å². The number of ether oxygens (including phenoxy) is 3. The molecule has 0 radical (unpaired) electrons. The highest BCUT2D eigenvalue weighted by molar-refractivity contribution is 7.17. The number of esters is 1. The number of hydrogen-bond acceptors (Lipinski definition) is 11. The van der Waals surface area contributed by atoms with Gasteiger partial charge in [0.15, 0.2) is 22.4 Å². The Morgan fingerprint density at radius 3 is 2.38 bits per heavy atom. The summed E-state index contributed by atoms with van der Waals surface area (Å²) in [5.74, 6) is -1.67. The molecule has 10 nitrogen and oxygen atoms in total. The average molecular weight is 586 g/mol. The Morgan fingerprint density at radius 2 is 1.75 bits per heavy atom. The van der Waals surface area contributed by atoms with Crippen molar-refractivity contribution in [3.8, 4) is 11.5 Å². The summed E-state index contributed by atoms with van der Waals surface area (Å²) in [6.45, 7) is 7.74. The van der Waals surface area contributed by atoms with Crippen molar-refractivity contribution in [2.45, 2.75) is 53.0 Å². The highest BCUT2D eigenvalue weighted by atomic mass is 32.1. The van der Waals surface area contributed by atoms with Gasteiger partial charge in [0, 0.05) is 0 Å². The number of carbonyl (C=O) groups is 3. The lowest BCUT2D eigenvalue weighted by Gasteiger charge is -2.25. The molecule has 1 aliphatic heterocycles. The van der Waals surface area contributed by atoms with E-state index in [4.69, 9.17) is 14.2 Å². The number of amides is 1. The van der Waals surface area contributed by atoms with Crippen LogP contribution in [0.5, 0.6) is 11.5 Å². The highest BCUT2D eigenvalue weighted by Gasteiger charge is 2.47. The van der Waals surface area contributed by atoms with Crippen molar-refractivity contribution >= 4 is 45.5 Å². The van der Waals surface area contributed by atoms with Gasteiger partial charge in [-0.05, 0) is 44.9 Å². The molecule has 1 atom stereocenters. The van der Waals surface area contributed by atoms with Crippen molar-refractivity contribution < 1.29 is 33.7 Å². The van der Waals surface area contributed by atoms with Crippen molar-refractivity contribution in [2.75, 3.05) is 25.7 Å². The van der Waals surface area contributed by atoms with Gasteiger partial charge in [0.1, 0.15) is 4.88 Å². The number of ketones is 1. The summed E-state index contributed by atoms with van der Waals surface area (Å²) >= 11 is 2.13. The molecule has 1 N–H and O–H groups in total. The van der Waals surface area contributed by atoms with E-state index in [1.165, 1.54) is 30.5 Å². The molecule has 1 aliphatic rings. The van der Waals surface area contributed by atoms with E-state index in [1.54, 1.807) is 39.0 Å². The van der Waals surface area contributed by atoms with Gasteiger partial charge < -0.3 is 19.3 Å². The second-order valence-corrected chi connectivity index (χ2v) is 11.4. The molecule has 212 valence electrons. The van der Waals surface area contributed by atoms with Gasteiger partial charge in [0.05, 0.1) is 53.7 Å². The fraction of sp³-hybridized carbons (Fsp3) is 0.393. The first-order chi connectivity index (χ1) is 19.1. The van der Waals surface area contributed by atoms with Crippen LogP contribution in [0.3, 0.4) is 0 Å². The van der Waals surface area contributed by atoms with Crippen molar-refractivity contribution in [3.05, 3.63) is 61.2 Å². The number of carbonyl (C=O) groups excluding carboxylic acids is 3. The van der Waals surface area contributed by atoms with Crippen LogP contribution in [0.2, 0.25) is 0 Å². The van der Waals surface area contributed by atoms with Crippen molar-refractivity contribution in [1.82, 2.24) is 9.97 Å². The molecular weight excluding hydrogens is 554 g/mol. The first kappa shape index (κ1) is 29.2. The number of hydrogen-bond donors (Lipinski definition) is 1. The maximum absolute atomic E-state index is 13.9. The molecule has 4 rings (SSSR count). The zero-order valence-corrected chi connectivity index (χ0v) is 24.8. The van der Waals surface area contributed by atoms with Gasteiger partial charge in [-0.1, -0.05) is 37.2 Å². The first-order valence-electron chi connectivity index (χ1n) is 12.7. The van der Waals surface area contributed by atoms with Crippen molar-refractivity contribution in [3.63, 3.8) is 0 Å². The number of nitrogens with zero attached hydrogens (tertiary/aromatic N) is 3. The topological polar surface area (TPSA) is 128 Å². The molecule has 0 saturated heterocycles. The summed E-state index contributed by atoms with van der Waals surface area (Å²) in [7, 11) is 2.76. The number of anilines is 1. The molecule has 2 aromatic heterocycles. The van der Waals surface area contributed by atoms with Crippen LogP contribution in [0.1, 0.15) is 73.5 Å². The summed E-state index contributed by atoms with van der Waals surface area (Å²) in [5.41, 5.74) is 1.25. The number of aliphatic hydroxyl groups is 1. The predicted octanol–water partition coefficient (Wildman–Crippen LogP) is 5.67. The van der Waals surface area contributed by atoms with Crippen LogP contribution < -0.4 is 14.4 Å². The fourth-order valence-electron chi connectivity index (χ4n) is 4.49. The second kappa shape index (κ2) is 12.2. The SMILES string of the molecule is CCCCCOc1ccc(C2C(C(=O)c3sc(C)nc3C)=C(O)C(=O)N2c2nc(C)c(C(=O)OC)s2)cc1OC. The Kier molecular flexibility index (Phi) is 8.89. The fourth-order valence-corrected chi connectivity index (χ4v) is 6.38. The van der Waals surface area contributed by atoms with E-state index in [0.717, 1.165) is 30.6 Å². The van der Waals surface area contributed by atoms with E-state index in [1.807, 2.05) is 0 Å². The Hall–Kier alpha value is -3.77. The summed E-state index contributed by atoms with van der Waals surface area (Å²) in [4.78, 5) is 50.3. The lowest BCUT2D eigenvalue weighted by atomic mass is 9.95. The van der Waals surface area contributed by atoms with Gasteiger partial charge in [-0.25, -0.2) is 14.8 Å². The molecular formula is C28H31N3O7S2. The number of aromatic nitrogens is 2. The van der Waals surface area contributed by atoms with Crippen LogP contribution in [-0.4, -0.2) is 53.6 Å². The van der Waals surface area contributed by atoms with E-state index < -0.39 is 29.5 Å². The Bertz CT molecular complexity index is 1490. The molecule has 1 aromatic carbocycles. The Labute approximate surface area is 240 Å². The van der Waals surface area contributed by atoms with Crippen LogP contribution in [-0.2, 0) is 9.53 Å². The summed E-state index contributed by atoms with van der Waals surface area (Å²) in [6.07, 6.45) is 2.98. The molecule has 3 aromatic rings. The second-order valence-electron chi connectivity index (χ2n) is 9.18.